The zero-order valence-electron chi connectivity index (χ0n) is 16.9. The van der Waals surface area contributed by atoms with Gasteiger partial charge in [0.25, 0.3) is 5.91 Å². The number of hydrogen-bond donors (Lipinski definition) is 1. The van der Waals surface area contributed by atoms with Crippen LogP contribution in [0.3, 0.4) is 0 Å². The van der Waals surface area contributed by atoms with Crippen molar-refractivity contribution in [2.24, 2.45) is 0 Å². The van der Waals surface area contributed by atoms with E-state index in [0.29, 0.717) is 32.2 Å². The van der Waals surface area contributed by atoms with E-state index in [9.17, 15) is 9.59 Å². The second kappa shape index (κ2) is 9.09. The van der Waals surface area contributed by atoms with Crippen LogP contribution in [0.5, 0.6) is 0 Å². The van der Waals surface area contributed by atoms with Crippen molar-refractivity contribution in [3.05, 3.63) is 29.3 Å². The van der Waals surface area contributed by atoms with Crippen molar-refractivity contribution in [2.75, 3.05) is 52.4 Å². The first-order chi connectivity index (χ1) is 14.1. The Hall–Kier alpha value is -2.19. The maximum atomic E-state index is 12.8. The van der Waals surface area contributed by atoms with Gasteiger partial charge in [-0.2, -0.15) is 0 Å². The van der Waals surface area contributed by atoms with Gasteiger partial charge in [0, 0.05) is 19.0 Å². The Morgan fingerprint density at radius 1 is 1.14 bits per heavy atom. The summed E-state index contributed by atoms with van der Waals surface area (Å²) in [6.07, 6.45) is 1.73. The fraction of sp³-hybridized carbons (Fsp3) is 0.571. The van der Waals surface area contributed by atoms with Crippen LogP contribution in [0.15, 0.2) is 24.3 Å². The smallest absolute Gasteiger partial charge is 0.410 e. The molecule has 29 heavy (non-hydrogen) atoms. The Kier molecular flexibility index (Phi) is 6.30. The van der Waals surface area contributed by atoms with Gasteiger partial charge in [-0.3, -0.25) is 9.69 Å². The van der Waals surface area contributed by atoms with E-state index in [4.69, 9.17) is 9.72 Å². The van der Waals surface area contributed by atoms with Crippen LogP contribution in [0, 0.1) is 0 Å². The van der Waals surface area contributed by atoms with Crippen LogP contribution in [0.25, 0.3) is 10.2 Å². The van der Waals surface area contributed by atoms with Gasteiger partial charge in [-0.25, -0.2) is 9.78 Å². The number of rotatable bonds is 4. The van der Waals surface area contributed by atoms with Crippen molar-refractivity contribution < 1.29 is 19.2 Å². The second-order valence-electron chi connectivity index (χ2n) is 7.79. The second-order valence-corrected chi connectivity index (χ2v) is 8.85. The number of benzene rings is 1. The van der Waals surface area contributed by atoms with Gasteiger partial charge in [0.1, 0.15) is 0 Å². The minimum atomic E-state index is -0.241. The maximum absolute atomic E-state index is 12.8. The Morgan fingerprint density at radius 2 is 1.86 bits per heavy atom. The van der Waals surface area contributed by atoms with Crippen LogP contribution in [0.1, 0.15) is 30.7 Å². The van der Waals surface area contributed by atoms with E-state index in [1.165, 1.54) is 14.6 Å². The van der Waals surface area contributed by atoms with Crippen LogP contribution in [0.2, 0.25) is 0 Å². The normalized spacial score (nSPS) is 18.9. The summed E-state index contributed by atoms with van der Waals surface area (Å²) >= 11 is 1.79. The molecule has 0 atom stereocenters. The molecule has 0 radical (unpaired) electrons. The zero-order chi connectivity index (χ0) is 20.2. The number of thiazole rings is 1. The molecule has 0 spiro atoms. The minimum absolute atomic E-state index is 0.229. The van der Waals surface area contributed by atoms with E-state index in [0.717, 1.165) is 44.5 Å². The van der Waals surface area contributed by atoms with Crippen molar-refractivity contribution in [3.8, 4) is 0 Å². The van der Waals surface area contributed by atoms with Gasteiger partial charge in [-0.15, -0.1) is 11.3 Å². The lowest BCUT2D eigenvalue weighted by atomic mass is 9.97. The monoisotopic (exact) mass is 417 g/mol. The lowest BCUT2D eigenvalue weighted by Gasteiger charge is -2.34. The Balaban J connectivity index is 1.24. The molecule has 4 rings (SSSR count). The third-order valence-electron chi connectivity index (χ3n) is 5.91. The predicted octanol–water partition coefficient (Wildman–Crippen LogP) is 1.36. The predicted molar refractivity (Wildman–Crippen MR) is 112 cm³/mol. The number of para-hydroxylation sites is 1. The molecule has 0 bridgehead atoms. The molecule has 2 amide bonds. The molecule has 1 N–H and O–H groups in total. The molecule has 3 heterocycles. The van der Waals surface area contributed by atoms with Crippen LogP contribution in [0.4, 0.5) is 4.79 Å². The molecule has 1 aromatic carbocycles. The average Bonchev–Trinajstić information content (AvgIpc) is 3.19. The van der Waals surface area contributed by atoms with Gasteiger partial charge >= 0.3 is 6.09 Å². The average molecular weight is 418 g/mol. The van der Waals surface area contributed by atoms with E-state index in [-0.39, 0.29) is 12.0 Å². The third-order valence-corrected chi connectivity index (χ3v) is 7.10. The highest BCUT2D eigenvalue weighted by Gasteiger charge is 2.30. The third kappa shape index (κ3) is 4.70. The lowest BCUT2D eigenvalue weighted by Crippen LogP contribution is -3.15. The maximum Gasteiger partial charge on any atom is 0.410 e. The highest BCUT2D eigenvalue weighted by Crippen LogP contribution is 2.33. The topological polar surface area (TPSA) is 67.2 Å². The number of piperidine rings is 1. The summed E-state index contributed by atoms with van der Waals surface area (Å²) in [4.78, 5) is 34.4. The highest BCUT2D eigenvalue weighted by molar-refractivity contribution is 7.18. The van der Waals surface area contributed by atoms with Crippen molar-refractivity contribution in [2.45, 2.75) is 25.7 Å². The van der Waals surface area contributed by atoms with Crippen molar-refractivity contribution in [1.82, 2.24) is 14.8 Å². The SMILES string of the molecule is CCOC(=O)N1CC[NH+](CC(=O)N2CCC(c3nc4ccccc4s3)CC2)CC1. The van der Waals surface area contributed by atoms with Crippen molar-refractivity contribution in [3.63, 3.8) is 0 Å². The summed E-state index contributed by atoms with van der Waals surface area (Å²) in [7, 11) is 0. The van der Waals surface area contributed by atoms with E-state index in [1.54, 1.807) is 16.2 Å². The number of carbonyl (C=O) groups is 2. The number of amides is 2. The number of carbonyl (C=O) groups excluding carboxylic acids is 2. The van der Waals surface area contributed by atoms with Crippen molar-refractivity contribution in [1.29, 1.82) is 0 Å². The standard InChI is InChI=1S/C21H28N4O3S/c1-2-28-21(27)25-13-11-23(12-14-25)15-19(26)24-9-7-16(8-10-24)20-22-17-5-3-4-6-18(17)29-20/h3-6,16H,2,7-15H2,1H3/p+1. The fourth-order valence-electron chi connectivity index (χ4n) is 4.16. The van der Waals surface area contributed by atoms with Gasteiger partial charge in [0.05, 0.1) is 48.0 Å². The van der Waals surface area contributed by atoms with Gasteiger partial charge in [-0.05, 0) is 31.9 Å². The first-order valence-electron chi connectivity index (χ1n) is 10.5. The molecule has 7 nitrogen and oxygen atoms in total. The number of aromatic nitrogens is 1. The molecular weight excluding hydrogens is 388 g/mol. The summed E-state index contributed by atoms with van der Waals surface area (Å²) in [6.45, 7) is 7.25. The van der Waals surface area contributed by atoms with Crippen LogP contribution < -0.4 is 4.90 Å². The molecule has 0 unspecified atom stereocenters. The van der Waals surface area contributed by atoms with Gasteiger partial charge in [-0.1, -0.05) is 12.1 Å². The van der Waals surface area contributed by atoms with Gasteiger partial charge in [0.2, 0.25) is 0 Å². The minimum Gasteiger partial charge on any atom is -0.450 e. The molecule has 2 aromatic rings. The van der Waals surface area contributed by atoms with E-state index in [2.05, 4.69) is 18.2 Å². The number of likely N-dealkylation sites (tertiary alicyclic amines) is 1. The molecule has 2 fully saturated rings. The van der Waals surface area contributed by atoms with Crippen LogP contribution >= 0.6 is 11.3 Å². The first kappa shape index (κ1) is 20.1. The van der Waals surface area contributed by atoms with E-state index in [1.807, 2.05) is 17.9 Å². The van der Waals surface area contributed by atoms with E-state index < -0.39 is 0 Å². The number of fused-ring (bicyclic) bond motifs is 1. The molecule has 2 saturated heterocycles. The van der Waals surface area contributed by atoms with Crippen molar-refractivity contribution >= 4 is 33.6 Å². The summed E-state index contributed by atoms with van der Waals surface area (Å²) in [5, 5.41) is 1.21. The fourth-order valence-corrected chi connectivity index (χ4v) is 5.30. The molecule has 2 aliphatic heterocycles. The molecular formula is C21H29N4O3S+. The molecule has 0 saturated carbocycles. The van der Waals surface area contributed by atoms with Gasteiger partial charge < -0.3 is 14.5 Å². The summed E-state index contributed by atoms with van der Waals surface area (Å²) in [5.74, 6) is 0.684. The Bertz CT molecular complexity index is 821. The largest absolute Gasteiger partial charge is 0.450 e. The quantitative estimate of drug-likeness (QED) is 0.816. The summed E-state index contributed by atoms with van der Waals surface area (Å²) < 4.78 is 6.30. The molecule has 0 aliphatic carbocycles. The lowest BCUT2D eigenvalue weighted by molar-refractivity contribution is -0.896. The number of quaternary nitrogens is 1. The number of nitrogens with one attached hydrogen (secondary N) is 1. The summed E-state index contributed by atoms with van der Waals surface area (Å²) in [6, 6.07) is 8.28. The number of ether oxygens (including phenoxy) is 1. The molecule has 8 heteroatoms. The van der Waals surface area contributed by atoms with Crippen LogP contribution in [-0.2, 0) is 9.53 Å². The zero-order valence-corrected chi connectivity index (χ0v) is 17.7. The summed E-state index contributed by atoms with van der Waals surface area (Å²) in [5.41, 5.74) is 1.08. The number of hydrogen-bond acceptors (Lipinski definition) is 5. The number of nitrogens with zero attached hydrogens (tertiary/aromatic N) is 3. The highest BCUT2D eigenvalue weighted by atomic mass is 32.1. The molecule has 1 aromatic heterocycles. The first-order valence-corrected chi connectivity index (χ1v) is 11.3. The Labute approximate surface area is 175 Å². The molecule has 2 aliphatic rings. The van der Waals surface area contributed by atoms with E-state index >= 15 is 0 Å². The molecule has 156 valence electrons. The van der Waals surface area contributed by atoms with Gasteiger partial charge in [0.15, 0.2) is 6.54 Å². The Morgan fingerprint density at radius 3 is 2.55 bits per heavy atom. The van der Waals surface area contributed by atoms with Crippen LogP contribution in [-0.4, -0.2) is 79.2 Å². The number of piperazine rings is 1.